The first kappa shape index (κ1) is 17.9. The Morgan fingerprint density at radius 3 is 2.31 bits per heavy atom. The SMILES string of the molecule is CC(NC(=O)Nc1ccc(C(=O)N2CCOCC2)cc1)c1ccccc1. The van der Waals surface area contributed by atoms with Crippen molar-refractivity contribution in [3.63, 3.8) is 0 Å². The van der Waals surface area contributed by atoms with Gasteiger partial charge in [0, 0.05) is 24.3 Å². The van der Waals surface area contributed by atoms with E-state index in [0.29, 0.717) is 37.6 Å². The highest BCUT2D eigenvalue weighted by Crippen LogP contribution is 2.14. The van der Waals surface area contributed by atoms with E-state index >= 15 is 0 Å². The molecule has 0 saturated carbocycles. The van der Waals surface area contributed by atoms with Crippen molar-refractivity contribution in [3.8, 4) is 0 Å². The molecule has 2 N–H and O–H groups in total. The molecule has 6 nitrogen and oxygen atoms in total. The van der Waals surface area contributed by atoms with Crippen LogP contribution in [0.1, 0.15) is 28.9 Å². The van der Waals surface area contributed by atoms with Crippen LogP contribution in [0.4, 0.5) is 10.5 Å². The van der Waals surface area contributed by atoms with Gasteiger partial charge in [0.1, 0.15) is 0 Å². The zero-order chi connectivity index (χ0) is 18.4. The van der Waals surface area contributed by atoms with Crippen molar-refractivity contribution in [2.75, 3.05) is 31.6 Å². The number of morpholine rings is 1. The van der Waals surface area contributed by atoms with E-state index in [1.807, 2.05) is 37.3 Å². The largest absolute Gasteiger partial charge is 0.378 e. The van der Waals surface area contributed by atoms with Gasteiger partial charge in [0.2, 0.25) is 0 Å². The molecule has 6 heteroatoms. The third-order valence-corrected chi connectivity index (χ3v) is 4.34. The Kier molecular flexibility index (Phi) is 5.86. The fourth-order valence-corrected chi connectivity index (χ4v) is 2.83. The average molecular weight is 353 g/mol. The van der Waals surface area contributed by atoms with Gasteiger partial charge in [-0.1, -0.05) is 30.3 Å². The first-order valence-corrected chi connectivity index (χ1v) is 8.73. The van der Waals surface area contributed by atoms with E-state index in [4.69, 9.17) is 4.74 Å². The number of nitrogens with zero attached hydrogens (tertiary/aromatic N) is 1. The van der Waals surface area contributed by atoms with E-state index in [1.54, 1.807) is 29.2 Å². The van der Waals surface area contributed by atoms with Crippen LogP contribution in [0.3, 0.4) is 0 Å². The molecule has 1 atom stereocenters. The van der Waals surface area contributed by atoms with Crippen LogP contribution >= 0.6 is 0 Å². The minimum absolute atomic E-state index is 0.0120. The lowest BCUT2D eigenvalue weighted by atomic mass is 10.1. The third kappa shape index (κ3) is 4.61. The van der Waals surface area contributed by atoms with Crippen LogP contribution in [0.15, 0.2) is 54.6 Å². The molecule has 3 amide bonds. The number of carbonyl (C=O) groups excluding carboxylic acids is 2. The highest BCUT2D eigenvalue weighted by atomic mass is 16.5. The van der Waals surface area contributed by atoms with Gasteiger partial charge in [-0.2, -0.15) is 0 Å². The normalized spacial score (nSPS) is 15.2. The molecule has 1 unspecified atom stereocenters. The smallest absolute Gasteiger partial charge is 0.319 e. The molecular weight excluding hydrogens is 330 g/mol. The Bertz CT molecular complexity index is 741. The van der Waals surface area contributed by atoms with Crippen molar-refractivity contribution in [2.45, 2.75) is 13.0 Å². The summed E-state index contributed by atoms with van der Waals surface area (Å²) >= 11 is 0. The summed E-state index contributed by atoms with van der Waals surface area (Å²) in [6.45, 7) is 4.30. The van der Waals surface area contributed by atoms with Crippen LogP contribution in [0.25, 0.3) is 0 Å². The van der Waals surface area contributed by atoms with Crippen LogP contribution in [-0.4, -0.2) is 43.1 Å². The molecule has 0 spiro atoms. The van der Waals surface area contributed by atoms with Crippen molar-refractivity contribution in [3.05, 3.63) is 65.7 Å². The lowest BCUT2D eigenvalue weighted by Gasteiger charge is -2.26. The Balaban J connectivity index is 1.55. The topological polar surface area (TPSA) is 70.7 Å². The second-order valence-corrected chi connectivity index (χ2v) is 6.21. The van der Waals surface area contributed by atoms with Gasteiger partial charge in [-0.25, -0.2) is 4.79 Å². The minimum Gasteiger partial charge on any atom is -0.378 e. The highest BCUT2D eigenvalue weighted by molar-refractivity contribution is 5.95. The Hall–Kier alpha value is -2.86. The molecule has 2 aromatic carbocycles. The molecule has 1 saturated heterocycles. The fraction of sp³-hybridized carbons (Fsp3) is 0.300. The summed E-state index contributed by atoms with van der Waals surface area (Å²) < 4.78 is 5.26. The Labute approximate surface area is 153 Å². The molecule has 0 aliphatic carbocycles. The molecule has 0 radical (unpaired) electrons. The maximum Gasteiger partial charge on any atom is 0.319 e. The summed E-state index contributed by atoms with van der Waals surface area (Å²) in [5, 5.41) is 5.69. The molecule has 136 valence electrons. The van der Waals surface area contributed by atoms with Crippen molar-refractivity contribution < 1.29 is 14.3 Å². The van der Waals surface area contributed by atoms with Gasteiger partial charge < -0.3 is 20.3 Å². The molecule has 26 heavy (non-hydrogen) atoms. The van der Waals surface area contributed by atoms with E-state index in [-0.39, 0.29) is 18.0 Å². The van der Waals surface area contributed by atoms with E-state index < -0.39 is 0 Å². The lowest BCUT2D eigenvalue weighted by molar-refractivity contribution is 0.0303. The standard InChI is InChI=1S/C20H23N3O3/c1-15(16-5-3-2-4-6-16)21-20(25)22-18-9-7-17(8-10-18)19(24)23-11-13-26-14-12-23/h2-10,15H,11-14H2,1H3,(H2,21,22,25). The lowest BCUT2D eigenvalue weighted by Crippen LogP contribution is -2.40. The van der Waals surface area contributed by atoms with E-state index in [1.165, 1.54) is 0 Å². The summed E-state index contributed by atoms with van der Waals surface area (Å²) in [6.07, 6.45) is 0. The summed E-state index contributed by atoms with van der Waals surface area (Å²) in [5.41, 5.74) is 2.28. The number of amides is 3. The molecule has 1 aliphatic rings. The third-order valence-electron chi connectivity index (χ3n) is 4.34. The summed E-state index contributed by atoms with van der Waals surface area (Å²) in [6, 6.07) is 16.3. The van der Waals surface area contributed by atoms with Crippen molar-refractivity contribution in [1.82, 2.24) is 10.2 Å². The molecule has 0 aromatic heterocycles. The highest BCUT2D eigenvalue weighted by Gasteiger charge is 2.18. The zero-order valence-corrected chi connectivity index (χ0v) is 14.8. The zero-order valence-electron chi connectivity index (χ0n) is 14.8. The van der Waals surface area contributed by atoms with Gasteiger partial charge in [0.05, 0.1) is 19.3 Å². The first-order chi connectivity index (χ1) is 12.6. The second kappa shape index (κ2) is 8.49. The predicted molar refractivity (Wildman–Crippen MR) is 100 cm³/mol. The molecule has 1 aliphatic heterocycles. The summed E-state index contributed by atoms with van der Waals surface area (Å²) in [4.78, 5) is 26.3. The van der Waals surface area contributed by atoms with Gasteiger partial charge in [-0.3, -0.25) is 4.79 Å². The van der Waals surface area contributed by atoms with Gasteiger partial charge in [-0.15, -0.1) is 0 Å². The van der Waals surface area contributed by atoms with Crippen LogP contribution < -0.4 is 10.6 Å². The predicted octanol–water partition coefficient (Wildman–Crippen LogP) is 3.04. The number of nitrogens with one attached hydrogen (secondary N) is 2. The number of anilines is 1. The molecular formula is C20H23N3O3. The maximum absolute atomic E-state index is 12.4. The van der Waals surface area contributed by atoms with E-state index in [0.717, 1.165) is 5.56 Å². The van der Waals surface area contributed by atoms with Gasteiger partial charge in [-0.05, 0) is 36.8 Å². The number of hydrogen-bond donors (Lipinski definition) is 2. The monoisotopic (exact) mass is 353 g/mol. The van der Waals surface area contributed by atoms with Crippen LogP contribution in [-0.2, 0) is 4.74 Å². The Morgan fingerprint density at radius 2 is 1.65 bits per heavy atom. The van der Waals surface area contributed by atoms with Gasteiger partial charge in [0.25, 0.3) is 5.91 Å². The van der Waals surface area contributed by atoms with Crippen molar-refractivity contribution in [2.24, 2.45) is 0 Å². The minimum atomic E-state index is -0.284. The summed E-state index contributed by atoms with van der Waals surface area (Å²) in [5.74, 6) is -0.0120. The van der Waals surface area contributed by atoms with Crippen molar-refractivity contribution >= 4 is 17.6 Å². The average Bonchev–Trinajstić information content (AvgIpc) is 2.69. The van der Waals surface area contributed by atoms with E-state index in [9.17, 15) is 9.59 Å². The number of carbonyl (C=O) groups is 2. The number of ether oxygens (including phenoxy) is 1. The second-order valence-electron chi connectivity index (χ2n) is 6.21. The quantitative estimate of drug-likeness (QED) is 0.887. The summed E-state index contributed by atoms with van der Waals surface area (Å²) in [7, 11) is 0. The van der Waals surface area contributed by atoms with Crippen LogP contribution in [0, 0.1) is 0 Å². The van der Waals surface area contributed by atoms with Gasteiger partial charge in [0.15, 0.2) is 0 Å². The maximum atomic E-state index is 12.4. The molecule has 3 rings (SSSR count). The van der Waals surface area contributed by atoms with Crippen molar-refractivity contribution in [1.29, 1.82) is 0 Å². The molecule has 1 heterocycles. The molecule has 0 bridgehead atoms. The van der Waals surface area contributed by atoms with E-state index in [2.05, 4.69) is 10.6 Å². The molecule has 2 aromatic rings. The molecule has 1 fully saturated rings. The first-order valence-electron chi connectivity index (χ1n) is 8.73. The fourth-order valence-electron chi connectivity index (χ4n) is 2.83. The van der Waals surface area contributed by atoms with Gasteiger partial charge >= 0.3 is 6.03 Å². The number of benzene rings is 2. The Morgan fingerprint density at radius 1 is 1.00 bits per heavy atom. The van der Waals surface area contributed by atoms with Crippen LogP contribution in [0.5, 0.6) is 0 Å². The number of hydrogen-bond acceptors (Lipinski definition) is 3. The number of rotatable bonds is 4. The van der Waals surface area contributed by atoms with Crippen LogP contribution in [0.2, 0.25) is 0 Å². The number of urea groups is 1.